The number of cyclic esters (lactones) is 1. The lowest BCUT2D eigenvalue weighted by atomic mass is 9.97. The SMILES string of the molecule is COC1C=C[C@@](C)(O)C=CC(=O)O[C@H](C)[C@@H](C)CCC=C1C. The molecule has 124 valence electrons. The Morgan fingerprint density at radius 1 is 1.36 bits per heavy atom. The van der Waals surface area contributed by atoms with Gasteiger partial charge in [-0.1, -0.05) is 25.2 Å². The zero-order valence-corrected chi connectivity index (χ0v) is 14.2. The Bertz CT molecular complexity index is 460. The zero-order valence-electron chi connectivity index (χ0n) is 14.2. The maximum Gasteiger partial charge on any atom is 0.330 e. The van der Waals surface area contributed by atoms with Crippen LogP contribution in [0.5, 0.6) is 0 Å². The number of aliphatic hydroxyl groups is 1. The van der Waals surface area contributed by atoms with Crippen LogP contribution in [0, 0.1) is 5.92 Å². The summed E-state index contributed by atoms with van der Waals surface area (Å²) in [5.74, 6) is -0.165. The number of hydrogen-bond donors (Lipinski definition) is 1. The van der Waals surface area contributed by atoms with Crippen molar-refractivity contribution in [1.29, 1.82) is 0 Å². The van der Waals surface area contributed by atoms with Gasteiger partial charge in [0.2, 0.25) is 0 Å². The van der Waals surface area contributed by atoms with E-state index in [1.165, 1.54) is 12.2 Å². The van der Waals surface area contributed by atoms with Gasteiger partial charge in [-0.3, -0.25) is 0 Å². The third kappa shape index (κ3) is 6.16. The number of rotatable bonds is 1. The quantitative estimate of drug-likeness (QED) is 0.597. The maximum atomic E-state index is 11.8. The van der Waals surface area contributed by atoms with Gasteiger partial charge in [0.25, 0.3) is 0 Å². The summed E-state index contributed by atoms with van der Waals surface area (Å²) in [6.07, 6.45) is 9.78. The first-order valence-corrected chi connectivity index (χ1v) is 7.76. The molecule has 1 aliphatic rings. The molecule has 1 heterocycles. The van der Waals surface area contributed by atoms with Crippen LogP contribution in [0.2, 0.25) is 0 Å². The maximum absolute atomic E-state index is 11.8. The number of carbonyl (C=O) groups is 1. The molecular formula is C18H28O4. The minimum Gasteiger partial charge on any atom is -0.459 e. The summed E-state index contributed by atoms with van der Waals surface area (Å²) in [4.78, 5) is 11.8. The lowest BCUT2D eigenvalue weighted by Gasteiger charge is -2.21. The minimum atomic E-state index is -1.23. The van der Waals surface area contributed by atoms with Gasteiger partial charge in [-0.2, -0.15) is 0 Å². The monoisotopic (exact) mass is 308 g/mol. The summed E-state index contributed by atoms with van der Waals surface area (Å²) >= 11 is 0. The number of esters is 1. The van der Waals surface area contributed by atoms with Crippen molar-refractivity contribution in [3.05, 3.63) is 36.0 Å². The molecule has 1 unspecified atom stereocenters. The second kappa shape index (κ2) is 8.30. The number of allylic oxidation sites excluding steroid dienone is 1. The van der Waals surface area contributed by atoms with Crippen LogP contribution in [0.3, 0.4) is 0 Å². The van der Waals surface area contributed by atoms with Gasteiger partial charge >= 0.3 is 5.97 Å². The second-order valence-corrected chi connectivity index (χ2v) is 6.22. The lowest BCUT2D eigenvalue weighted by molar-refractivity contribution is -0.144. The average Bonchev–Trinajstić information content (AvgIpc) is 2.44. The Morgan fingerprint density at radius 2 is 2.05 bits per heavy atom. The summed E-state index contributed by atoms with van der Waals surface area (Å²) in [5, 5.41) is 10.3. The summed E-state index contributed by atoms with van der Waals surface area (Å²) in [7, 11) is 1.64. The average molecular weight is 308 g/mol. The molecule has 0 spiro atoms. The molecule has 1 rings (SSSR count). The summed E-state index contributed by atoms with van der Waals surface area (Å²) < 4.78 is 10.8. The molecule has 1 aliphatic heterocycles. The molecule has 0 aliphatic carbocycles. The highest BCUT2D eigenvalue weighted by Crippen LogP contribution is 2.19. The van der Waals surface area contributed by atoms with E-state index in [-0.39, 0.29) is 18.1 Å². The van der Waals surface area contributed by atoms with Crippen molar-refractivity contribution in [2.75, 3.05) is 7.11 Å². The molecule has 0 bridgehead atoms. The Hall–Kier alpha value is -1.39. The van der Waals surface area contributed by atoms with E-state index in [0.717, 1.165) is 18.4 Å². The van der Waals surface area contributed by atoms with Crippen LogP contribution in [0.1, 0.15) is 40.5 Å². The van der Waals surface area contributed by atoms with Crippen LogP contribution in [0.4, 0.5) is 0 Å². The Morgan fingerprint density at radius 3 is 2.68 bits per heavy atom. The first-order valence-electron chi connectivity index (χ1n) is 7.76. The van der Waals surface area contributed by atoms with Gasteiger partial charge in [0.05, 0.1) is 11.7 Å². The molecule has 0 amide bonds. The number of methoxy groups -OCH3 is 1. The number of ether oxygens (including phenoxy) is 2. The van der Waals surface area contributed by atoms with E-state index >= 15 is 0 Å². The summed E-state index contributed by atoms with van der Waals surface area (Å²) in [5.41, 5.74) is -0.123. The molecule has 0 aromatic carbocycles. The lowest BCUT2D eigenvalue weighted by Crippen LogP contribution is -2.23. The molecule has 1 N–H and O–H groups in total. The highest BCUT2D eigenvalue weighted by Gasteiger charge is 2.18. The highest BCUT2D eigenvalue weighted by molar-refractivity contribution is 5.82. The van der Waals surface area contributed by atoms with Gasteiger partial charge in [0, 0.05) is 13.2 Å². The van der Waals surface area contributed by atoms with Crippen LogP contribution in [0.25, 0.3) is 0 Å². The third-order valence-corrected chi connectivity index (χ3v) is 4.06. The van der Waals surface area contributed by atoms with Gasteiger partial charge in [0.1, 0.15) is 6.10 Å². The van der Waals surface area contributed by atoms with Crippen molar-refractivity contribution in [3.63, 3.8) is 0 Å². The van der Waals surface area contributed by atoms with Gasteiger partial charge < -0.3 is 14.6 Å². The van der Waals surface area contributed by atoms with Crippen molar-refractivity contribution in [2.24, 2.45) is 5.92 Å². The molecule has 0 aromatic heterocycles. The van der Waals surface area contributed by atoms with E-state index in [0.29, 0.717) is 0 Å². The second-order valence-electron chi connectivity index (χ2n) is 6.22. The highest BCUT2D eigenvalue weighted by atomic mass is 16.5. The first kappa shape index (κ1) is 18.7. The van der Waals surface area contributed by atoms with E-state index in [1.807, 2.05) is 13.8 Å². The first-order chi connectivity index (χ1) is 10.2. The molecule has 0 radical (unpaired) electrons. The van der Waals surface area contributed by atoms with Crippen molar-refractivity contribution in [1.82, 2.24) is 0 Å². The molecule has 0 saturated carbocycles. The Labute approximate surface area is 133 Å². The topological polar surface area (TPSA) is 55.8 Å². The largest absolute Gasteiger partial charge is 0.459 e. The van der Waals surface area contributed by atoms with E-state index in [1.54, 1.807) is 26.2 Å². The van der Waals surface area contributed by atoms with Crippen molar-refractivity contribution in [2.45, 2.75) is 58.3 Å². The molecule has 0 fully saturated rings. The van der Waals surface area contributed by atoms with E-state index in [2.05, 4.69) is 13.0 Å². The van der Waals surface area contributed by atoms with Gasteiger partial charge in [0.15, 0.2) is 0 Å². The summed E-state index contributed by atoms with van der Waals surface area (Å²) in [6, 6.07) is 0. The van der Waals surface area contributed by atoms with Crippen LogP contribution < -0.4 is 0 Å². The zero-order chi connectivity index (χ0) is 16.8. The standard InChI is InChI=1S/C18H28O4/c1-13-7-6-8-14(2)16(21-5)9-11-18(4,20)12-10-17(19)22-15(13)3/h8-13,15-16,20H,6-7H2,1-5H3/t13-,15+,16?,18+/m0/s1. The van der Waals surface area contributed by atoms with Gasteiger partial charge in [-0.05, 0) is 51.2 Å². The molecule has 4 nitrogen and oxygen atoms in total. The molecule has 0 aromatic rings. The Balaban J connectivity index is 3.04. The van der Waals surface area contributed by atoms with E-state index < -0.39 is 11.6 Å². The fourth-order valence-electron chi connectivity index (χ4n) is 2.25. The van der Waals surface area contributed by atoms with E-state index in [9.17, 15) is 9.90 Å². The predicted octanol–water partition coefficient (Wildman–Crippen LogP) is 3.17. The predicted molar refractivity (Wildman–Crippen MR) is 87.4 cm³/mol. The van der Waals surface area contributed by atoms with E-state index in [4.69, 9.17) is 9.47 Å². The summed E-state index contributed by atoms with van der Waals surface area (Å²) in [6.45, 7) is 7.59. The fraction of sp³-hybridized carbons (Fsp3) is 0.611. The fourth-order valence-corrected chi connectivity index (χ4v) is 2.25. The van der Waals surface area contributed by atoms with Gasteiger partial charge in [-0.15, -0.1) is 0 Å². The van der Waals surface area contributed by atoms with Crippen molar-refractivity contribution < 1.29 is 19.4 Å². The smallest absolute Gasteiger partial charge is 0.330 e. The number of carbonyl (C=O) groups excluding carboxylic acids is 1. The normalized spacial score (nSPS) is 34.7. The Kier molecular flexibility index (Phi) is 7.04. The minimum absolute atomic E-state index is 0.160. The molecule has 22 heavy (non-hydrogen) atoms. The molecule has 0 saturated heterocycles. The van der Waals surface area contributed by atoms with Gasteiger partial charge in [-0.25, -0.2) is 4.79 Å². The van der Waals surface area contributed by atoms with Crippen molar-refractivity contribution >= 4 is 5.97 Å². The molecule has 4 heteroatoms. The van der Waals surface area contributed by atoms with Crippen LogP contribution >= 0.6 is 0 Å². The molecular weight excluding hydrogens is 280 g/mol. The molecule has 4 atom stereocenters. The van der Waals surface area contributed by atoms with Crippen LogP contribution in [-0.2, 0) is 14.3 Å². The van der Waals surface area contributed by atoms with Crippen molar-refractivity contribution in [3.8, 4) is 0 Å². The number of hydrogen-bond acceptors (Lipinski definition) is 4. The van der Waals surface area contributed by atoms with Crippen LogP contribution in [-0.4, -0.2) is 36.0 Å². The third-order valence-electron chi connectivity index (χ3n) is 4.06. The van der Waals surface area contributed by atoms with Crippen LogP contribution in [0.15, 0.2) is 36.0 Å².